The highest BCUT2D eigenvalue weighted by atomic mass is 79.9. The lowest BCUT2D eigenvalue weighted by Gasteiger charge is -2.41. The molecule has 8 nitrogen and oxygen atoms in total. The first-order chi connectivity index (χ1) is 14.2. The van der Waals surface area contributed by atoms with Gasteiger partial charge in [0.1, 0.15) is 22.8 Å². The summed E-state index contributed by atoms with van der Waals surface area (Å²) in [6.45, 7) is 0. The maximum atomic E-state index is 13.3. The van der Waals surface area contributed by atoms with Gasteiger partial charge >= 0.3 is 0 Å². The first kappa shape index (κ1) is 20.3. The molecule has 3 aliphatic rings. The van der Waals surface area contributed by atoms with Crippen molar-refractivity contribution >= 4 is 44.9 Å². The lowest BCUT2D eigenvalue weighted by molar-refractivity contribution is -0.127. The number of rotatable bonds is 3. The second kappa shape index (κ2) is 7.09. The van der Waals surface area contributed by atoms with Crippen LogP contribution >= 0.6 is 15.9 Å². The van der Waals surface area contributed by atoms with E-state index >= 15 is 0 Å². The van der Waals surface area contributed by atoms with Crippen LogP contribution in [0.1, 0.15) is 34.3 Å². The van der Waals surface area contributed by atoms with Crippen LogP contribution in [0.15, 0.2) is 29.0 Å². The monoisotopic (exact) mass is 475 g/mol. The number of carbonyl (C=O) groups excluding carboxylic acids is 4. The Kier molecular flexibility index (Phi) is 4.80. The molecule has 1 amide bonds. The SMILES string of the molecule is NC(=O)C1=C(O)C2C(=O)C3=C(O)c4c(O)ccc(C(=O)CBr)c4CC3CC2CC1=O. The van der Waals surface area contributed by atoms with Gasteiger partial charge in [-0.05, 0) is 42.4 Å². The summed E-state index contributed by atoms with van der Waals surface area (Å²) in [5, 5.41) is 31.8. The molecule has 4 rings (SSSR count). The van der Waals surface area contributed by atoms with Gasteiger partial charge in [0.25, 0.3) is 5.91 Å². The minimum Gasteiger partial charge on any atom is -0.511 e. The van der Waals surface area contributed by atoms with Crippen molar-refractivity contribution in [2.45, 2.75) is 19.3 Å². The van der Waals surface area contributed by atoms with Gasteiger partial charge in [0, 0.05) is 17.6 Å². The summed E-state index contributed by atoms with van der Waals surface area (Å²) < 4.78 is 0. The maximum Gasteiger partial charge on any atom is 0.255 e. The molecule has 5 N–H and O–H groups in total. The number of phenolic OH excluding ortho intramolecular Hbond substituents is 1. The number of Topliss-reactive ketones (excluding diaryl/α,β-unsaturated/α-hetero) is 3. The van der Waals surface area contributed by atoms with Crippen molar-refractivity contribution in [1.82, 2.24) is 0 Å². The number of amides is 1. The van der Waals surface area contributed by atoms with E-state index in [1.54, 1.807) is 0 Å². The quantitative estimate of drug-likeness (QED) is 0.295. The normalized spacial score (nSPS) is 25.6. The van der Waals surface area contributed by atoms with Crippen LogP contribution in [0.3, 0.4) is 0 Å². The third-order valence-electron chi connectivity index (χ3n) is 6.19. The zero-order chi connectivity index (χ0) is 21.9. The van der Waals surface area contributed by atoms with E-state index in [1.807, 2.05) is 0 Å². The first-order valence-corrected chi connectivity index (χ1v) is 10.5. The van der Waals surface area contributed by atoms with Crippen LogP contribution < -0.4 is 5.73 Å². The Morgan fingerprint density at radius 3 is 2.47 bits per heavy atom. The summed E-state index contributed by atoms with van der Waals surface area (Å²) in [6.07, 6.45) is 0.381. The average molecular weight is 476 g/mol. The molecule has 1 aromatic rings. The smallest absolute Gasteiger partial charge is 0.255 e. The van der Waals surface area contributed by atoms with Crippen molar-refractivity contribution in [2.24, 2.45) is 23.5 Å². The van der Waals surface area contributed by atoms with Gasteiger partial charge in [0.05, 0.1) is 16.8 Å². The summed E-state index contributed by atoms with van der Waals surface area (Å²) >= 11 is 3.12. The van der Waals surface area contributed by atoms with Gasteiger partial charge in [-0.3, -0.25) is 19.2 Å². The van der Waals surface area contributed by atoms with E-state index in [4.69, 9.17) is 5.73 Å². The molecule has 0 saturated heterocycles. The second-order valence-corrected chi connectivity index (χ2v) is 8.36. The number of aliphatic hydroxyl groups excluding tert-OH is 2. The number of halogens is 1. The van der Waals surface area contributed by atoms with Gasteiger partial charge in [0.2, 0.25) is 0 Å². The predicted molar refractivity (Wildman–Crippen MR) is 108 cm³/mol. The molecule has 3 unspecified atom stereocenters. The Morgan fingerprint density at radius 2 is 1.83 bits per heavy atom. The molecule has 30 heavy (non-hydrogen) atoms. The molecule has 1 saturated carbocycles. The molecule has 0 aromatic heterocycles. The van der Waals surface area contributed by atoms with Crippen LogP contribution in [0.25, 0.3) is 5.76 Å². The van der Waals surface area contributed by atoms with E-state index in [2.05, 4.69) is 15.9 Å². The van der Waals surface area contributed by atoms with E-state index in [-0.39, 0.29) is 47.3 Å². The topological polar surface area (TPSA) is 155 Å². The van der Waals surface area contributed by atoms with Crippen LogP contribution in [-0.2, 0) is 20.8 Å². The Hall–Kier alpha value is -2.94. The summed E-state index contributed by atoms with van der Waals surface area (Å²) in [7, 11) is 0. The molecule has 1 fully saturated rings. The third-order valence-corrected chi connectivity index (χ3v) is 6.70. The zero-order valence-electron chi connectivity index (χ0n) is 15.6. The molecule has 1 aromatic carbocycles. The van der Waals surface area contributed by atoms with Crippen molar-refractivity contribution < 1.29 is 34.5 Å². The van der Waals surface area contributed by atoms with Gasteiger partial charge in [-0.25, -0.2) is 0 Å². The summed E-state index contributed by atoms with van der Waals surface area (Å²) in [5.74, 6) is -6.15. The fraction of sp³-hybridized carbons (Fsp3) is 0.333. The fourth-order valence-electron chi connectivity index (χ4n) is 4.97. The average Bonchev–Trinajstić information content (AvgIpc) is 2.66. The molecule has 3 aliphatic carbocycles. The number of aromatic hydroxyl groups is 1. The largest absolute Gasteiger partial charge is 0.511 e. The van der Waals surface area contributed by atoms with E-state index in [1.165, 1.54) is 12.1 Å². The van der Waals surface area contributed by atoms with Crippen LogP contribution in [0.5, 0.6) is 5.75 Å². The lowest BCUT2D eigenvalue weighted by atomic mass is 9.61. The number of ketones is 3. The summed E-state index contributed by atoms with van der Waals surface area (Å²) in [5.41, 5.74) is 5.43. The van der Waals surface area contributed by atoms with Crippen LogP contribution in [0.4, 0.5) is 0 Å². The first-order valence-electron chi connectivity index (χ1n) is 9.35. The van der Waals surface area contributed by atoms with Crippen LogP contribution in [-0.4, -0.2) is 43.9 Å². The van der Waals surface area contributed by atoms with Gasteiger partial charge in [-0.2, -0.15) is 0 Å². The highest BCUT2D eigenvalue weighted by molar-refractivity contribution is 9.09. The van der Waals surface area contributed by atoms with Crippen molar-refractivity contribution in [3.8, 4) is 5.75 Å². The zero-order valence-corrected chi connectivity index (χ0v) is 17.2. The Bertz CT molecular complexity index is 1100. The molecule has 0 bridgehead atoms. The number of aliphatic hydroxyl groups is 2. The predicted octanol–water partition coefficient (Wildman–Crippen LogP) is 1.89. The number of fused-ring (bicyclic) bond motifs is 3. The van der Waals surface area contributed by atoms with E-state index in [0.29, 0.717) is 11.1 Å². The molecule has 0 spiro atoms. The maximum absolute atomic E-state index is 13.3. The molecule has 9 heteroatoms. The number of allylic oxidation sites excluding steroid dienone is 2. The highest BCUT2D eigenvalue weighted by Gasteiger charge is 2.51. The third kappa shape index (κ3) is 2.79. The number of benzene rings is 1. The van der Waals surface area contributed by atoms with Gasteiger partial charge < -0.3 is 21.1 Å². The number of nitrogens with two attached hydrogens (primary N) is 1. The number of primary amides is 1. The number of hydrogen-bond acceptors (Lipinski definition) is 7. The Labute approximate surface area is 179 Å². The molecule has 0 aliphatic heterocycles. The minimum absolute atomic E-state index is 0.0188. The lowest BCUT2D eigenvalue weighted by Crippen LogP contribution is -2.44. The molecular formula is C21H18BrNO7. The van der Waals surface area contributed by atoms with Crippen molar-refractivity contribution in [3.05, 3.63) is 45.7 Å². The van der Waals surface area contributed by atoms with Crippen molar-refractivity contribution in [2.75, 3.05) is 5.33 Å². The minimum atomic E-state index is -1.16. The Balaban J connectivity index is 1.89. The summed E-state index contributed by atoms with van der Waals surface area (Å²) in [4.78, 5) is 49.4. The molecule has 0 radical (unpaired) electrons. The molecule has 3 atom stereocenters. The van der Waals surface area contributed by atoms with E-state index in [9.17, 15) is 34.5 Å². The van der Waals surface area contributed by atoms with Crippen LogP contribution in [0, 0.1) is 17.8 Å². The Morgan fingerprint density at radius 1 is 1.13 bits per heavy atom. The number of carbonyl (C=O) groups is 4. The number of alkyl halides is 1. The van der Waals surface area contributed by atoms with Crippen molar-refractivity contribution in [3.63, 3.8) is 0 Å². The molecular weight excluding hydrogens is 458 g/mol. The van der Waals surface area contributed by atoms with E-state index in [0.717, 1.165) is 0 Å². The van der Waals surface area contributed by atoms with Gasteiger partial charge in [-0.15, -0.1) is 0 Å². The highest BCUT2D eigenvalue weighted by Crippen LogP contribution is 2.50. The number of phenols is 1. The summed E-state index contributed by atoms with van der Waals surface area (Å²) in [6, 6.07) is 2.76. The van der Waals surface area contributed by atoms with Gasteiger partial charge in [-0.1, -0.05) is 15.9 Å². The van der Waals surface area contributed by atoms with Gasteiger partial charge in [0.15, 0.2) is 17.3 Å². The van der Waals surface area contributed by atoms with Crippen LogP contribution in [0.2, 0.25) is 0 Å². The fourth-order valence-corrected chi connectivity index (χ4v) is 5.28. The standard InChI is InChI=1S/C21H18BrNO7/c22-6-13(26)9-1-2-11(24)16-10(9)4-7-3-8-5-12(25)17(21(23)30)20(29)15(8)18(27)14(7)19(16)28/h1-2,7-8,15,24,28-29H,3-6H2,(H2,23,30). The molecule has 0 heterocycles. The molecule has 156 valence electrons. The number of hydrogen-bond donors (Lipinski definition) is 4. The second-order valence-electron chi connectivity index (χ2n) is 7.80. The van der Waals surface area contributed by atoms with E-state index < -0.39 is 52.3 Å². The van der Waals surface area contributed by atoms with Crippen molar-refractivity contribution in [1.29, 1.82) is 0 Å².